The van der Waals surface area contributed by atoms with Crippen molar-refractivity contribution in [3.63, 3.8) is 0 Å². The van der Waals surface area contributed by atoms with Crippen molar-refractivity contribution in [3.8, 4) is 0 Å². The lowest BCUT2D eigenvalue weighted by Crippen LogP contribution is -2.23. The molecule has 0 spiro atoms. The molecular formula is C13H24N2O2. The van der Waals surface area contributed by atoms with Gasteiger partial charge in [-0.05, 0) is 26.2 Å². The van der Waals surface area contributed by atoms with Crippen LogP contribution in [-0.4, -0.2) is 24.7 Å². The normalized spacial score (nSPS) is 13.2. The van der Waals surface area contributed by atoms with Crippen LogP contribution in [0.15, 0.2) is 10.6 Å². The van der Waals surface area contributed by atoms with Gasteiger partial charge in [-0.2, -0.15) is 0 Å². The molecule has 4 heteroatoms. The molecule has 0 aliphatic heterocycles. The lowest BCUT2D eigenvalue weighted by molar-refractivity contribution is 0.123. The van der Waals surface area contributed by atoms with Crippen LogP contribution in [0, 0.1) is 12.8 Å². The summed E-state index contributed by atoms with van der Waals surface area (Å²) in [4.78, 5) is 4.18. The molecule has 1 unspecified atom stereocenters. The fourth-order valence-electron chi connectivity index (χ4n) is 1.43. The smallest absolute Gasteiger partial charge is 0.211 e. The molecule has 1 heterocycles. The van der Waals surface area contributed by atoms with Crippen molar-refractivity contribution in [2.45, 2.75) is 40.2 Å². The molecule has 0 saturated carbocycles. The van der Waals surface area contributed by atoms with Crippen molar-refractivity contribution in [3.05, 3.63) is 17.8 Å². The lowest BCUT2D eigenvalue weighted by atomic mass is 10.1. The molecule has 1 atom stereocenters. The summed E-state index contributed by atoms with van der Waals surface area (Å²) in [5, 5.41) is 3.32. The van der Waals surface area contributed by atoms with Gasteiger partial charge in [-0.15, -0.1) is 0 Å². The van der Waals surface area contributed by atoms with E-state index < -0.39 is 0 Å². The first-order valence-corrected chi connectivity index (χ1v) is 6.33. The molecule has 98 valence electrons. The van der Waals surface area contributed by atoms with Crippen molar-refractivity contribution in [2.75, 3.05) is 19.8 Å². The van der Waals surface area contributed by atoms with E-state index in [0.717, 1.165) is 37.8 Å². The van der Waals surface area contributed by atoms with Crippen molar-refractivity contribution in [1.82, 2.24) is 10.3 Å². The maximum Gasteiger partial charge on any atom is 0.211 e. The summed E-state index contributed by atoms with van der Waals surface area (Å²) < 4.78 is 11.0. The van der Waals surface area contributed by atoms with Crippen molar-refractivity contribution in [2.24, 2.45) is 5.92 Å². The summed E-state index contributed by atoms with van der Waals surface area (Å²) in [7, 11) is 0. The van der Waals surface area contributed by atoms with E-state index in [9.17, 15) is 0 Å². The van der Waals surface area contributed by atoms with E-state index in [1.54, 1.807) is 6.20 Å². The largest absolute Gasteiger partial charge is 0.444 e. The SMILES string of the molecule is Cc1cnc(C(C)NCCOCCC(C)C)o1. The predicted molar refractivity (Wildman–Crippen MR) is 67.9 cm³/mol. The maximum atomic E-state index is 5.52. The molecule has 1 N–H and O–H groups in total. The van der Waals surface area contributed by atoms with Gasteiger partial charge in [0.25, 0.3) is 0 Å². The topological polar surface area (TPSA) is 47.3 Å². The third-order valence-electron chi connectivity index (χ3n) is 2.55. The van der Waals surface area contributed by atoms with Gasteiger partial charge in [0.05, 0.1) is 18.8 Å². The van der Waals surface area contributed by atoms with E-state index in [1.165, 1.54) is 0 Å². The molecule has 1 aromatic heterocycles. The Bertz CT molecular complexity index is 310. The highest BCUT2D eigenvalue weighted by molar-refractivity contribution is 4.94. The molecule has 0 bridgehead atoms. The molecule has 17 heavy (non-hydrogen) atoms. The van der Waals surface area contributed by atoms with E-state index in [2.05, 4.69) is 24.1 Å². The third-order valence-corrected chi connectivity index (χ3v) is 2.55. The number of ether oxygens (including phenoxy) is 1. The van der Waals surface area contributed by atoms with E-state index in [4.69, 9.17) is 9.15 Å². The van der Waals surface area contributed by atoms with Gasteiger partial charge in [0.1, 0.15) is 5.76 Å². The zero-order chi connectivity index (χ0) is 12.7. The Labute approximate surface area is 104 Å². The fourth-order valence-corrected chi connectivity index (χ4v) is 1.43. The fraction of sp³-hybridized carbons (Fsp3) is 0.769. The Morgan fingerprint density at radius 1 is 1.35 bits per heavy atom. The number of rotatable bonds is 8. The zero-order valence-corrected chi connectivity index (χ0v) is 11.3. The molecule has 0 saturated heterocycles. The van der Waals surface area contributed by atoms with Gasteiger partial charge >= 0.3 is 0 Å². The number of hydrogen-bond acceptors (Lipinski definition) is 4. The average molecular weight is 240 g/mol. The second-order valence-electron chi connectivity index (χ2n) is 4.78. The number of hydrogen-bond donors (Lipinski definition) is 1. The van der Waals surface area contributed by atoms with Gasteiger partial charge in [0.15, 0.2) is 0 Å². The summed E-state index contributed by atoms with van der Waals surface area (Å²) in [6, 6.07) is 0.136. The highest BCUT2D eigenvalue weighted by Gasteiger charge is 2.09. The van der Waals surface area contributed by atoms with E-state index in [0.29, 0.717) is 5.92 Å². The predicted octanol–water partition coefficient (Wildman–Crippen LogP) is 2.70. The summed E-state index contributed by atoms with van der Waals surface area (Å²) in [6.45, 7) is 10.7. The molecule has 0 aromatic carbocycles. The first kappa shape index (κ1) is 14.2. The maximum absolute atomic E-state index is 5.52. The van der Waals surface area contributed by atoms with Gasteiger partial charge in [0.2, 0.25) is 5.89 Å². The monoisotopic (exact) mass is 240 g/mol. The zero-order valence-electron chi connectivity index (χ0n) is 11.3. The average Bonchev–Trinajstić information content (AvgIpc) is 2.69. The van der Waals surface area contributed by atoms with Crippen LogP contribution in [0.1, 0.15) is 44.9 Å². The van der Waals surface area contributed by atoms with Crippen LogP contribution in [0.4, 0.5) is 0 Å². The summed E-state index contributed by atoms with van der Waals surface area (Å²) in [5.41, 5.74) is 0. The minimum atomic E-state index is 0.136. The second-order valence-corrected chi connectivity index (χ2v) is 4.78. The number of nitrogens with zero attached hydrogens (tertiary/aromatic N) is 1. The van der Waals surface area contributed by atoms with Gasteiger partial charge in [-0.3, -0.25) is 0 Å². The van der Waals surface area contributed by atoms with Crippen LogP contribution in [0.2, 0.25) is 0 Å². The van der Waals surface area contributed by atoms with Crippen LogP contribution in [0.25, 0.3) is 0 Å². The van der Waals surface area contributed by atoms with E-state index >= 15 is 0 Å². The summed E-state index contributed by atoms with van der Waals surface area (Å²) >= 11 is 0. The van der Waals surface area contributed by atoms with Crippen LogP contribution in [-0.2, 0) is 4.74 Å². The summed E-state index contributed by atoms with van der Waals surface area (Å²) in [6.07, 6.45) is 2.86. The molecule has 1 rings (SSSR count). The molecular weight excluding hydrogens is 216 g/mol. The van der Waals surface area contributed by atoms with E-state index in [-0.39, 0.29) is 6.04 Å². The standard InChI is InChI=1S/C13H24N2O2/c1-10(2)5-7-16-8-6-14-12(4)13-15-9-11(3)17-13/h9-10,12,14H,5-8H2,1-4H3. The Hall–Kier alpha value is -0.870. The Morgan fingerprint density at radius 3 is 2.71 bits per heavy atom. The minimum Gasteiger partial charge on any atom is -0.444 e. The highest BCUT2D eigenvalue weighted by Crippen LogP contribution is 2.11. The number of oxazole rings is 1. The quantitative estimate of drug-likeness (QED) is 0.710. The van der Waals surface area contributed by atoms with Gasteiger partial charge < -0.3 is 14.5 Å². The molecule has 0 radical (unpaired) electrons. The molecule has 0 aliphatic carbocycles. The molecule has 0 aliphatic rings. The number of aromatic nitrogens is 1. The number of aryl methyl sites for hydroxylation is 1. The Morgan fingerprint density at radius 2 is 2.12 bits per heavy atom. The third kappa shape index (κ3) is 5.84. The van der Waals surface area contributed by atoms with Gasteiger partial charge in [-0.25, -0.2) is 4.98 Å². The first-order valence-electron chi connectivity index (χ1n) is 6.33. The Balaban J connectivity index is 2.06. The Kier molecular flexibility index (Phi) is 6.22. The minimum absolute atomic E-state index is 0.136. The summed E-state index contributed by atoms with van der Waals surface area (Å²) in [5.74, 6) is 2.30. The van der Waals surface area contributed by atoms with Crippen LogP contribution < -0.4 is 5.32 Å². The van der Waals surface area contributed by atoms with Crippen molar-refractivity contribution < 1.29 is 9.15 Å². The molecule has 0 amide bonds. The van der Waals surface area contributed by atoms with Gasteiger partial charge in [0, 0.05) is 13.2 Å². The van der Waals surface area contributed by atoms with Crippen LogP contribution in [0.5, 0.6) is 0 Å². The van der Waals surface area contributed by atoms with Crippen molar-refractivity contribution >= 4 is 0 Å². The lowest BCUT2D eigenvalue weighted by Gasteiger charge is -2.11. The molecule has 4 nitrogen and oxygen atoms in total. The van der Waals surface area contributed by atoms with Gasteiger partial charge in [-0.1, -0.05) is 13.8 Å². The first-order chi connectivity index (χ1) is 8.09. The van der Waals surface area contributed by atoms with Crippen LogP contribution in [0.3, 0.4) is 0 Å². The number of nitrogens with one attached hydrogen (secondary N) is 1. The molecule has 1 aromatic rings. The van der Waals surface area contributed by atoms with Crippen molar-refractivity contribution in [1.29, 1.82) is 0 Å². The molecule has 0 fully saturated rings. The second kappa shape index (κ2) is 7.45. The highest BCUT2D eigenvalue weighted by atomic mass is 16.5. The van der Waals surface area contributed by atoms with Crippen LogP contribution >= 0.6 is 0 Å². The van der Waals surface area contributed by atoms with E-state index in [1.807, 2.05) is 13.8 Å².